The van der Waals surface area contributed by atoms with Crippen LogP contribution < -0.4 is 0 Å². The predicted molar refractivity (Wildman–Crippen MR) is 72.5 cm³/mol. The predicted octanol–water partition coefficient (Wildman–Crippen LogP) is 4.02. The zero-order valence-electron chi connectivity index (χ0n) is 10.5. The molecule has 1 unspecified atom stereocenters. The zero-order chi connectivity index (χ0) is 12.1. The Balaban J connectivity index is 2.83. The van der Waals surface area contributed by atoms with Crippen LogP contribution in [0.3, 0.4) is 0 Å². The van der Waals surface area contributed by atoms with Crippen LogP contribution in [-0.2, 0) is 0 Å². The van der Waals surface area contributed by atoms with Crippen LogP contribution in [0.4, 0.5) is 0 Å². The molecule has 0 saturated carbocycles. The first kappa shape index (κ1) is 13.3. The summed E-state index contributed by atoms with van der Waals surface area (Å²) in [7, 11) is 0. The van der Waals surface area contributed by atoms with Crippen molar-refractivity contribution >= 4 is 17.5 Å². The number of benzene rings is 1. The second-order valence-electron chi connectivity index (χ2n) is 4.20. The van der Waals surface area contributed by atoms with Crippen LogP contribution in [0.2, 0.25) is 0 Å². The molecule has 0 bridgehead atoms. The number of hydrogen-bond donors (Lipinski definition) is 0. The number of ketones is 1. The number of aryl methyl sites for hydroxylation is 2. The Hall–Kier alpha value is -0.760. The van der Waals surface area contributed by atoms with Gasteiger partial charge in [0.1, 0.15) is 0 Å². The number of rotatable bonds is 5. The van der Waals surface area contributed by atoms with Crippen molar-refractivity contribution in [3.63, 3.8) is 0 Å². The van der Waals surface area contributed by atoms with Gasteiger partial charge in [0.2, 0.25) is 0 Å². The van der Waals surface area contributed by atoms with Crippen molar-refractivity contribution in [3.05, 3.63) is 34.9 Å². The Kier molecular flexibility index (Phi) is 5.07. The van der Waals surface area contributed by atoms with Crippen LogP contribution in [0.25, 0.3) is 0 Å². The number of carbonyl (C=O) groups excluding carboxylic acids is 1. The molecule has 1 rings (SSSR count). The second-order valence-corrected chi connectivity index (χ2v) is 5.64. The fourth-order valence-corrected chi connectivity index (χ4v) is 2.46. The van der Waals surface area contributed by atoms with Crippen molar-refractivity contribution in [2.45, 2.75) is 39.4 Å². The highest BCUT2D eigenvalue weighted by atomic mass is 32.2. The highest BCUT2D eigenvalue weighted by Gasteiger charge is 2.16. The molecule has 0 fully saturated rings. The maximum atomic E-state index is 12.2. The molecular formula is C14H20OS. The Bertz CT molecular complexity index is 371. The van der Waals surface area contributed by atoms with Crippen LogP contribution >= 0.6 is 11.8 Å². The van der Waals surface area contributed by atoms with Crippen LogP contribution in [0, 0.1) is 13.8 Å². The molecule has 88 valence electrons. The molecule has 0 aromatic heterocycles. The minimum atomic E-state index is 0.0699. The smallest absolute Gasteiger partial charge is 0.175 e. The van der Waals surface area contributed by atoms with Crippen molar-refractivity contribution in [1.29, 1.82) is 0 Å². The maximum Gasteiger partial charge on any atom is 0.175 e. The number of hydrogen-bond acceptors (Lipinski definition) is 2. The molecule has 0 saturated heterocycles. The van der Waals surface area contributed by atoms with Gasteiger partial charge in [-0.05, 0) is 44.6 Å². The highest BCUT2D eigenvalue weighted by Crippen LogP contribution is 2.20. The first-order chi connectivity index (χ1) is 7.56. The molecule has 0 spiro atoms. The summed E-state index contributed by atoms with van der Waals surface area (Å²) in [5, 5.41) is 0.0699. The van der Waals surface area contributed by atoms with Crippen LogP contribution in [0.15, 0.2) is 18.2 Å². The van der Waals surface area contributed by atoms with Gasteiger partial charge in [-0.15, -0.1) is 0 Å². The summed E-state index contributed by atoms with van der Waals surface area (Å²) in [6.45, 7) is 8.18. The lowest BCUT2D eigenvalue weighted by molar-refractivity contribution is 0.0993. The van der Waals surface area contributed by atoms with Crippen molar-refractivity contribution in [2.24, 2.45) is 0 Å². The summed E-state index contributed by atoms with van der Waals surface area (Å²) in [5.74, 6) is 1.32. The zero-order valence-corrected chi connectivity index (χ0v) is 11.4. The first-order valence-electron chi connectivity index (χ1n) is 5.79. The standard InChI is InChI=1S/C14H20OS/c1-5-8-16-12(4)14(15)13-9-10(2)6-7-11(13)3/h6-7,9,12H,5,8H2,1-4H3. The Labute approximate surface area is 103 Å². The molecule has 0 N–H and O–H groups in total. The first-order valence-corrected chi connectivity index (χ1v) is 6.84. The maximum absolute atomic E-state index is 12.2. The third-order valence-electron chi connectivity index (χ3n) is 2.60. The van der Waals surface area contributed by atoms with Gasteiger partial charge >= 0.3 is 0 Å². The molecule has 0 heterocycles. The normalized spacial score (nSPS) is 12.5. The molecule has 0 amide bonds. The van der Waals surface area contributed by atoms with E-state index in [1.54, 1.807) is 11.8 Å². The summed E-state index contributed by atoms with van der Waals surface area (Å²) in [6, 6.07) is 6.08. The van der Waals surface area contributed by atoms with Crippen molar-refractivity contribution in [1.82, 2.24) is 0 Å². The van der Waals surface area contributed by atoms with E-state index in [0.717, 1.165) is 28.9 Å². The molecule has 1 atom stereocenters. The van der Waals surface area contributed by atoms with E-state index in [1.165, 1.54) is 0 Å². The van der Waals surface area contributed by atoms with Crippen molar-refractivity contribution in [2.75, 3.05) is 5.75 Å². The van der Waals surface area contributed by atoms with Crippen molar-refractivity contribution in [3.8, 4) is 0 Å². The fraction of sp³-hybridized carbons (Fsp3) is 0.500. The quantitative estimate of drug-likeness (QED) is 0.718. The molecule has 16 heavy (non-hydrogen) atoms. The third kappa shape index (κ3) is 3.38. The Morgan fingerprint density at radius 2 is 2.06 bits per heavy atom. The summed E-state index contributed by atoms with van der Waals surface area (Å²) in [5.41, 5.74) is 3.12. The van der Waals surface area contributed by atoms with E-state index in [4.69, 9.17) is 0 Å². The lowest BCUT2D eigenvalue weighted by Crippen LogP contribution is -2.15. The monoisotopic (exact) mass is 236 g/mol. The minimum absolute atomic E-state index is 0.0699. The molecule has 0 aliphatic carbocycles. The van der Waals surface area contributed by atoms with E-state index in [9.17, 15) is 4.79 Å². The van der Waals surface area contributed by atoms with E-state index in [-0.39, 0.29) is 11.0 Å². The number of carbonyl (C=O) groups is 1. The molecular weight excluding hydrogens is 216 g/mol. The molecule has 1 aromatic carbocycles. The van der Waals surface area contributed by atoms with Gasteiger partial charge in [-0.25, -0.2) is 0 Å². The van der Waals surface area contributed by atoms with Gasteiger partial charge in [-0.2, -0.15) is 11.8 Å². The summed E-state index contributed by atoms with van der Waals surface area (Å²) < 4.78 is 0. The molecule has 1 nitrogen and oxygen atoms in total. The van der Waals surface area contributed by atoms with E-state index >= 15 is 0 Å². The summed E-state index contributed by atoms with van der Waals surface area (Å²) in [4.78, 5) is 12.2. The van der Waals surface area contributed by atoms with Gasteiger partial charge in [0, 0.05) is 5.56 Å². The van der Waals surface area contributed by atoms with Crippen LogP contribution in [-0.4, -0.2) is 16.8 Å². The Morgan fingerprint density at radius 3 is 2.69 bits per heavy atom. The SMILES string of the molecule is CCCSC(C)C(=O)c1cc(C)ccc1C. The van der Waals surface area contributed by atoms with Gasteiger partial charge in [-0.3, -0.25) is 4.79 Å². The second kappa shape index (κ2) is 6.09. The van der Waals surface area contributed by atoms with Crippen LogP contribution in [0.5, 0.6) is 0 Å². The largest absolute Gasteiger partial charge is 0.293 e. The molecule has 0 aliphatic rings. The van der Waals surface area contributed by atoms with E-state index < -0.39 is 0 Å². The molecule has 2 heteroatoms. The van der Waals surface area contributed by atoms with Crippen molar-refractivity contribution < 1.29 is 4.79 Å². The molecule has 0 aliphatic heterocycles. The average molecular weight is 236 g/mol. The summed E-state index contributed by atoms with van der Waals surface area (Å²) in [6.07, 6.45) is 1.12. The topological polar surface area (TPSA) is 17.1 Å². The third-order valence-corrected chi connectivity index (χ3v) is 3.96. The molecule has 1 aromatic rings. The van der Waals surface area contributed by atoms with E-state index in [1.807, 2.05) is 32.9 Å². The lowest BCUT2D eigenvalue weighted by Gasteiger charge is -2.12. The van der Waals surface area contributed by atoms with E-state index in [0.29, 0.717) is 0 Å². The number of thioether (sulfide) groups is 1. The molecule has 0 radical (unpaired) electrons. The highest BCUT2D eigenvalue weighted by molar-refractivity contribution is 8.00. The van der Waals surface area contributed by atoms with Gasteiger partial charge < -0.3 is 0 Å². The number of Topliss-reactive ketones (excluding diaryl/α,β-unsaturated/α-hetero) is 1. The Morgan fingerprint density at radius 1 is 1.38 bits per heavy atom. The van der Waals surface area contributed by atoms with Gasteiger partial charge in [0.15, 0.2) is 5.78 Å². The van der Waals surface area contributed by atoms with Gasteiger partial charge in [0.05, 0.1) is 5.25 Å². The van der Waals surface area contributed by atoms with Crippen LogP contribution in [0.1, 0.15) is 41.8 Å². The average Bonchev–Trinajstić information content (AvgIpc) is 2.28. The lowest BCUT2D eigenvalue weighted by atomic mass is 10.0. The van der Waals surface area contributed by atoms with E-state index in [2.05, 4.69) is 13.0 Å². The minimum Gasteiger partial charge on any atom is -0.293 e. The van der Waals surface area contributed by atoms with Gasteiger partial charge in [0.25, 0.3) is 0 Å². The summed E-state index contributed by atoms with van der Waals surface area (Å²) >= 11 is 1.74. The fourth-order valence-electron chi connectivity index (χ4n) is 1.59. The van der Waals surface area contributed by atoms with Gasteiger partial charge in [-0.1, -0.05) is 24.6 Å².